The summed E-state index contributed by atoms with van der Waals surface area (Å²) in [7, 11) is 1.71. The molecule has 0 spiro atoms. The van der Waals surface area contributed by atoms with Crippen molar-refractivity contribution in [2.45, 2.75) is 45.6 Å². The highest BCUT2D eigenvalue weighted by Crippen LogP contribution is 2.19. The third-order valence-electron chi connectivity index (χ3n) is 3.50. The number of nitrogens with one attached hydrogen (secondary N) is 1. The van der Waals surface area contributed by atoms with Crippen LogP contribution in [0.15, 0.2) is 4.99 Å². The zero-order valence-corrected chi connectivity index (χ0v) is 16.5. The van der Waals surface area contributed by atoms with E-state index in [1.54, 1.807) is 7.05 Å². The molecule has 1 aliphatic heterocycles. The topological polar surface area (TPSA) is 97.0 Å². The molecule has 7 nitrogen and oxygen atoms in total. The number of hydrogen-bond donors (Lipinski definition) is 2. The molecule has 0 bridgehead atoms. The molecule has 0 aromatic heterocycles. The van der Waals surface area contributed by atoms with Gasteiger partial charge in [0.2, 0.25) is 5.91 Å². The maximum Gasteiger partial charge on any atom is 0.307 e. The van der Waals surface area contributed by atoms with E-state index < -0.39 is 0 Å². The summed E-state index contributed by atoms with van der Waals surface area (Å²) in [6, 6.07) is 0. The minimum atomic E-state index is -0.258. The summed E-state index contributed by atoms with van der Waals surface area (Å²) < 4.78 is 5.09. The highest BCUT2D eigenvalue weighted by atomic mass is 127. The average Bonchev–Trinajstić information content (AvgIpc) is 2.42. The van der Waals surface area contributed by atoms with Crippen molar-refractivity contribution in [2.75, 3.05) is 26.7 Å². The van der Waals surface area contributed by atoms with Gasteiger partial charge < -0.3 is 20.7 Å². The zero-order chi connectivity index (χ0) is 16.5. The van der Waals surface area contributed by atoms with Crippen LogP contribution in [0.25, 0.3) is 0 Å². The van der Waals surface area contributed by atoms with E-state index in [2.05, 4.69) is 15.2 Å². The quantitative estimate of drug-likeness (QED) is 0.279. The molecule has 1 amide bonds. The molecule has 1 atom stereocenters. The highest BCUT2D eigenvalue weighted by molar-refractivity contribution is 14.0. The normalized spacial score (nSPS) is 18.3. The summed E-state index contributed by atoms with van der Waals surface area (Å²) in [4.78, 5) is 28.9. The first-order chi connectivity index (χ1) is 10.4. The van der Waals surface area contributed by atoms with Crippen molar-refractivity contribution in [2.24, 2.45) is 16.6 Å². The number of likely N-dealkylation sites (tertiary alicyclic amines) is 1. The second kappa shape index (κ2) is 11.5. The average molecular weight is 440 g/mol. The predicted octanol–water partition coefficient (Wildman–Crippen LogP) is 1.11. The smallest absolute Gasteiger partial charge is 0.307 e. The van der Waals surface area contributed by atoms with Gasteiger partial charge in [-0.15, -0.1) is 24.0 Å². The third-order valence-corrected chi connectivity index (χ3v) is 3.50. The summed E-state index contributed by atoms with van der Waals surface area (Å²) in [5.41, 5.74) is 5.28. The lowest BCUT2D eigenvalue weighted by Crippen LogP contribution is -2.47. The minimum absolute atomic E-state index is 0. The molecule has 134 valence electrons. The Morgan fingerprint density at radius 2 is 2.13 bits per heavy atom. The van der Waals surface area contributed by atoms with Gasteiger partial charge >= 0.3 is 5.97 Å². The summed E-state index contributed by atoms with van der Waals surface area (Å²) in [5, 5.41) is 3.18. The Labute approximate surface area is 155 Å². The van der Waals surface area contributed by atoms with Crippen LogP contribution in [-0.2, 0) is 14.3 Å². The molecule has 1 rings (SSSR count). The molecule has 23 heavy (non-hydrogen) atoms. The molecule has 3 N–H and O–H groups in total. The Kier molecular flexibility index (Phi) is 10.9. The number of carbonyl (C=O) groups is 2. The highest BCUT2D eigenvalue weighted by Gasteiger charge is 2.23. The van der Waals surface area contributed by atoms with Gasteiger partial charge in [-0.25, -0.2) is 0 Å². The van der Waals surface area contributed by atoms with Crippen LogP contribution in [0.2, 0.25) is 0 Å². The molecular weight excluding hydrogens is 411 g/mol. The number of piperidine rings is 1. The first-order valence-electron chi connectivity index (χ1n) is 7.85. The number of amides is 1. The number of nitrogens with zero attached hydrogens (tertiary/aromatic N) is 2. The Morgan fingerprint density at radius 1 is 1.43 bits per heavy atom. The molecule has 0 aromatic rings. The zero-order valence-electron chi connectivity index (χ0n) is 14.2. The molecule has 1 saturated heterocycles. The predicted molar refractivity (Wildman–Crippen MR) is 101 cm³/mol. The van der Waals surface area contributed by atoms with E-state index in [-0.39, 0.29) is 47.9 Å². The van der Waals surface area contributed by atoms with Crippen molar-refractivity contribution in [3.8, 4) is 0 Å². The fraction of sp³-hybridized carbons (Fsp3) is 0.800. The van der Waals surface area contributed by atoms with Crippen molar-refractivity contribution in [3.63, 3.8) is 0 Å². The summed E-state index contributed by atoms with van der Waals surface area (Å²) in [6.07, 6.45) is 2.64. The van der Waals surface area contributed by atoms with Crippen LogP contribution in [0.4, 0.5) is 0 Å². The van der Waals surface area contributed by atoms with Gasteiger partial charge in [0.15, 0.2) is 5.96 Å². The van der Waals surface area contributed by atoms with Crippen LogP contribution in [-0.4, -0.2) is 55.5 Å². The van der Waals surface area contributed by atoms with Gasteiger partial charge in [-0.05, 0) is 32.6 Å². The second-order valence-electron chi connectivity index (χ2n) is 5.89. The molecule has 8 heteroatoms. The van der Waals surface area contributed by atoms with Gasteiger partial charge in [0.25, 0.3) is 0 Å². The fourth-order valence-electron chi connectivity index (χ4n) is 2.64. The number of halogens is 1. The van der Waals surface area contributed by atoms with Crippen molar-refractivity contribution >= 4 is 41.8 Å². The van der Waals surface area contributed by atoms with E-state index >= 15 is 0 Å². The number of aliphatic imine (C=N–C) groups is 1. The number of carbonyl (C=O) groups excluding carboxylic acids is 2. The van der Waals surface area contributed by atoms with E-state index in [9.17, 15) is 9.59 Å². The largest absolute Gasteiger partial charge is 0.463 e. The SMILES string of the molecule is CN=C(NCCC(=O)OC(C)C)N1CCCC(CC(N)=O)C1.I. The van der Waals surface area contributed by atoms with Crippen LogP contribution >= 0.6 is 24.0 Å². The Morgan fingerprint density at radius 3 is 2.70 bits per heavy atom. The minimum Gasteiger partial charge on any atom is -0.463 e. The molecule has 0 radical (unpaired) electrons. The molecule has 1 unspecified atom stereocenters. The van der Waals surface area contributed by atoms with E-state index in [4.69, 9.17) is 10.5 Å². The van der Waals surface area contributed by atoms with E-state index in [1.807, 2.05) is 13.8 Å². The van der Waals surface area contributed by atoms with Crippen molar-refractivity contribution in [1.82, 2.24) is 10.2 Å². The Balaban J connectivity index is 0.00000484. The van der Waals surface area contributed by atoms with Gasteiger partial charge in [0.1, 0.15) is 0 Å². The molecular formula is C15H29IN4O3. The standard InChI is InChI=1S/C15H28N4O3.HI/c1-11(2)22-14(21)6-7-18-15(17-3)19-8-4-5-12(10-19)9-13(16)20;/h11-12H,4-10H2,1-3H3,(H2,16,20)(H,17,18);1H. The number of esters is 1. The van der Waals surface area contributed by atoms with E-state index in [1.165, 1.54) is 0 Å². The van der Waals surface area contributed by atoms with Gasteiger partial charge in [-0.3, -0.25) is 14.6 Å². The van der Waals surface area contributed by atoms with Gasteiger partial charge in [0, 0.05) is 33.1 Å². The maximum absolute atomic E-state index is 11.5. The van der Waals surface area contributed by atoms with Crippen LogP contribution in [0.1, 0.15) is 39.5 Å². The van der Waals surface area contributed by atoms with Crippen LogP contribution < -0.4 is 11.1 Å². The molecule has 1 heterocycles. The van der Waals surface area contributed by atoms with Crippen LogP contribution in [0, 0.1) is 5.92 Å². The third kappa shape index (κ3) is 8.97. The molecule has 0 aliphatic carbocycles. The summed E-state index contributed by atoms with van der Waals surface area (Å²) >= 11 is 0. The Hall–Kier alpha value is -1.06. The summed E-state index contributed by atoms with van der Waals surface area (Å²) in [5.74, 6) is 0.552. The lowest BCUT2D eigenvalue weighted by atomic mass is 9.95. The molecule has 0 aromatic carbocycles. The Bertz CT molecular complexity index is 416. The number of nitrogens with two attached hydrogens (primary N) is 1. The van der Waals surface area contributed by atoms with Crippen molar-refractivity contribution < 1.29 is 14.3 Å². The lowest BCUT2D eigenvalue weighted by molar-refractivity contribution is -0.147. The maximum atomic E-state index is 11.5. The monoisotopic (exact) mass is 440 g/mol. The number of rotatable bonds is 6. The lowest BCUT2D eigenvalue weighted by Gasteiger charge is -2.34. The number of ether oxygens (including phenoxy) is 1. The van der Waals surface area contributed by atoms with Gasteiger partial charge in [0.05, 0.1) is 12.5 Å². The first-order valence-corrected chi connectivity index (χ1v) is 7.85. The number of hydrogen-bond acceptors (Lipinski definition) is 4. The summed E-state index contributed by atoms with van der Waals surface area (Å²) in [6.45, 7) is 5.80. The second-order valence-corrected chi connectivity index (χ2v) is 5.89. The molecule has 1 aliphatic rings. The van der Waals surface area contributed by atoms with Crippen molar-refractivity contribution in [3.05, 3.63) is 0 Å². The number of primary amides is 1. The van der Waals surface area contributed by atoms with Gasteiger partial charge in [-0.1, -0.05) is 0 Å². The number of guanidine groups is 1. The van der Waals surface area contributed by atoms with E-state index in [0.29, 0.717) is 19.4 Å². The molecule has 1 fully saturated rings. The van der Waals surface area contributed by atoms with Crippen LogP contribution in [0.5, 0.6) is 0 Å². The molecule has 0 saturated carbocycles. The van der Waals surface area contributed by atoms with Crippen molar-refractivity contribution in [1.29, 1.82) is 0 Å². The fourth-order valence-corrected chi connectivity index (χ4v) is 2.64. The van der Waals surface area contributed by atoms with E-state index in [0.717, 1.165) is 31.9 Å². The van der Waals surface area contributed by atoms with Gasteiger partial charge in [-0.2, -0.15) is 0 Å². The van der Waals surface area contributed by atoms with Crippen LogP contribution in [0.3, 0.4) is 0 Å². The first kappa shape index (κ1) is 21.9.